The van der Waals surface area contributed by atoms with E-state index in [1.807, 2.05) is 0 Å². The molecule has 6 aromatic carbocycles. The Kier molecular flexibility index (Phi) is 8.49. The van der Waals surface area contributed by atoms with Crippen molar-refractivity contribution >= 4 is 0 Å². The van der Waals surface area contributed by atoms with Crippen molar-refractivity contribution in [1.82, 2.24) is 0 Å². The molecule has 18 heteroatoms. The first-order chi connectivity index (χ1) is 30.0. The molecular formula is C45H36O18. The molecule has 8 atom stereocenters. The zero-order valence-corrected chi connectivity index (χ0v) is 32.1. The number of phenolic OH excluding ortho intramolecular Hbond substituents is 11. The van der Waals surface area contributed by atoms with Crippen LogP contribution in [0.3, 0.4) is 0 Å². The van der Waals surface area contributed by atoms with Gasteiger partial charge in [-0.25, -0.2) is 0 Å². The summed E-state index contributed by atoms with van der Waals surface area (Å²) >= 11 is 0. The molecule has 0 spiro atoms. The summed E-state index contributed by atoms with van der Waals surface area (Å²) < 4.78 is 26.0. The topological polar surface area (TPSA) is 320 Å². The number of hydrogen-bond acceptors (Lipinski definition) is 18. The Morgan fingerprint density at radius 1 is 0.460 bits per heavy atom. The third kappa shape index (κ3) is 5.68. The Hall–Kier alpha value is -7.80. The highest BCUT2D eigenvalue weighted by Crippen LogP contribution is 2.66. The zero-order chi connectivity index (χ0) is 44.5. The highest BCUT2D eigenvalue weighted by molar-refractivity contribution is 5.74. The average molecular weight is 865 g/mol. The summed E-state index contributed by atoms with van der Waals surface area (Å²) in [6, 6.07) is 14.8. The predicted octanol–water partition coefficient (Wildman–Crippen LogP) is 4.24. The number of rotatable bonds is 4. The molecule has 0 amide bonds. The van der Waals surface area contributed by atoms with Crippen molar-refractivity contribution in [3.63, 3.8) is 0 Å². The fourth-order valence-corrected chi connectivity index (χ4v) is 9.34. The lowest BCUT2D eigenvalue weighted by Crippen LogP contribution is -2.58. The van der Waals surface area contributed by atoms with E-state index < -0.39 is 124 Å². The van der Waals surface area contributed by atoms with Crippen LogP contribution >= 0.6 is 0 Å². The van der Waals surface area contributed by atoms with Gasteiger partial charge < -0.3 is 90.4 Å². The smallest absolute Gasteiger partial charge is 0.305 e. The van der Waals surface area contributed by atoms with Crippen LogP contribution in [0.2, 0.25) is 0 Å². The van der Waals surface area contributed by atoms with Gasteiger partial charge in [-0.05, 0) is 53.6 Å². The van der Waals surface area contributed by atoms with E-state index in [4.69, 9.17) is 18.9 Å². The minimum absolute atomic E-state index is 0.0813. The van der Waals surface area contributed by atoms with Crippen molar-refractivity contribution in [2.24, 2.45) is 0 Å². The third-order valence-corrected chi connectivity index (χ3v) is 12.2. The monoisotopic (exact) mass is 864 g/mol. The number of benzene rings is 6. The van der Waals surface area contributed by atoms with Gasteiger partial charge in [-0.1, -0.05) is 12.1 Å². The van der Waals surface area contributed by atoms with E-state index in [-0.39, 0.29) is 61.8 Å². The zero-order valence-electron chi connectivity index (χ0n) is 32.1. The molecular weight excluding hydrogens is 828 g/mol. The number of hydrogen-bond donors (Lipinski definition) is 14. The van der Waals surface area contributed by atoms with Crippen LogP contribution in [0.15, 0.2) is 78.9 Å². The summed E-state index contributed by atoms with van der Waals surface area (Å²) in [6.45, 7) is 0. The minimum atomic E-state index is -2.50. The van der Waals surface area contributed by atoms with Gasteiger partial charge in [-0.2, -0.15) is 0 Å². The van der Waals surface area contributed by atoms with Crippen LogP contribution in [0.5, 0.6) is 86.2 Å². The molecule has 8 unspecified atom stereocenters. The maximum absolute atomic E-state index is 12.7. The molecule has 6 aromatic rings. The highest BCUT2D eigenvalue weighted by atomic mass is 16.7. The second kappa shape index (κ2) is 13.6. The molecule has 4 heterocycles. The summed E-state index contributed by atoms with van der Waals surface area (Å²) in [7, 11) is 0. The fraction of sp³-hybridized carbons (Fsp3) is 0.200. The number of fused-ring (bicyclic) bond motifs is 8. The molecule has 18 nitrogen and oxygen atoms in total. The number of ether oxygens (including phenoxy) is 4. The lowest BCUT2D eigenvalue weighted by molar-refractivity contribution is -0.219. The van der Waals surface area contributed by atoms with Gasteiger partial charge in [0.15, 0.2) is 40.6 Å². The number of aliphatic hydroxyl groups is 3. The first kappa shape index (κ1) is 39.3. The summed E-state index contributed by atoms with van der Waals surface area (Å²) in [6.07, 6.45) is -8.60. The van der Waals surface area contributed by atoms with E-state index in [1.165, 1.54) is 18.2 Å². The Morgan fingerprint density at radius 3 is 1.62 bits per heavy atom. The Bertz CT molecular complexity index is 2910. The predicted molar refractivity (Wildman–Crippen MR) is 212 cm³/mol. The van der Waals surface area contributed by atoms with Gasteiger partial charge in [-0.3, -0.25) is 0 Å². The molecule has 324 valence electrons. The van der Waals surface area contributed by atoms with Gasteiger partial charge in [0.2, 0.25) is 0 Å². The van der Waals surface area contributed by atoms with Crippen molar-refractivity contribution < 1.29 is 90.4 Å². The van der Waals surface area contributed by atoms with Crippen LogP contribution in [-0.4, -0.2) is 89.8 Å². The Morgan fingerprint density at radius 2 is 1.02 bits per heavy atom. The molecule has 14 N–H and O–H groups in total. The lowest BCUT2D eigenvalue weighted by Gasteiger charge is -2.51. The molecule has 0 aliphatic carbocycles. The molecule has 10 rings (SSSR count). The molecule has 2 bridgehead atoms. The largest absolute Gasteiger partial charge is 0.508 e. The molecule has 0 fully saturated rings. The number of aliphatic hydroxyl groups excluding tert-OH is 3. The summed E-state index contributed by atoms with van der Waals surface area (Å²) in [5.74, 6) is -13.1. The van der Waals surface area contributed by atoms with Crippen LogP contribution in [0, 0.1) is 0 Å². The van der Waals surface area contributed by atoms with Crippen molar-refractivity contribution in [1.29, 1.82) is 0 Å². The van der Waals surface area contributed by atoms with Gasteiger partial charge in [-0.15, -0.1) is 0 Å². The van der Waals surface area contributed by atoms with Crippen LogP contribution in [0.25, 0.3) is 0 Å². The van der Waals surface area contributed by atoms with Crippen LogP contribution in [0.4, 0.5) is 0 Å². The quantitative estimate of drug-likeness (QED) is 0.110. The van der Waals surface area contributed by atoms with E-state index in [9.17, 15) is 71.5 Å². The summed E-state index contributed by atoms with van der Waals surface area (Å²) in [5, 5.41) is 156. The van der Waals surface area contributed by atoms with E-state index in [2.05, 4.69) is 0 Å². The Labute approximate surface area is 354 Å². The minimum Gasteiger partial charge on any atom is -0.508 e. The Balaban J connectivity index is 1.32. The second-order valence-electron chi connectivity index (χ2n) is 15.9. The van der Waals surface area contributed by atoms with E-state index in [0.717, 1.165) is 60.7 Å². The van der Waals surface area contributed by atoms with Gasteiger partial charge in [0.05, 0.1) is 17.9 Å². The molecule has 0 saturated heterocycles. The standard InChI is InChI=1S/C45H36O18/c46-18-10-27(54)32-30(12-18)60-41(16-2-5-22(49)25(52)8-16)39(58)34(32)37-42-20(14-29(56)40(61-42)15-1-4-21(48)24(51)7-15)38(57)36-35-33-28(55)11-19(47)13-31(33)62-45(44(35)59,63-43(36)37)17-3-6-23(50)26(53)9-17/h1-13,29,34-35,39-41,44,46-59H,14H2. The van der Waals surface area contributed by atoms with Gasteiger partial charge in [0.25, 0.3) is 0 Å². The summed E-state index contributed by atoms with van der Waals surface area (Å²) in [5.41, 5.74) is -0.901. The summed E-state index contributed by atoms with van der Waals surface area (Å²) in [4.78, 5) is 0. The average Bonchev–Trinajstić information content (AvgIpc) is 3.22. The van der Waals surface area contributed by atoms with E-state index >= 15 is 0 Å². The maximum Gasteiger partial charge on any atom is 0.305 e. The molecule has 0 radical (unpaired) electrons. The normalized spacial score (nSPS) is 25.2. The van der Waals surface area contributed by atoms with Crippen LogP contribution < -0.4 is 18.9 Å². The molecule has 4 aliphatic heterocycles. The molecule has 0 aromatic heterocycles. The van der Waals surface area contributed by atoms with Crippen LogP contribution in [-0.2, 0) is 12.2 Å². The maximum atomic E-state index is 12.7. The van der Waals surface area contributed by atoms with Crippen molar-refractivity contribution in [3.05, 3.63) is 123 Å². The van der Waals surface area contributed by atoms with Gasteiger partial charge >= 0.3 is 5.79 Å². The SMILES string of the molecule is Oc1cc(O)c2c(c1)OC(c1ccc(O)c(O)c1)C(O)C2c1c2c(c(O)c3c1OC1(c4ccc(O)c(O)c4)Oc4cc(O)cc(O)c4C3C1O)CC(O)C(c1ccc(O)c(O)c1)O2. The number of aromatic hydroxyl groups is 11. The molecule has 63 heavy (non-hydrogen) atoms. The fourth-order valence-electron chi connectivity index (χ4n) is 9.34. The van der Waals surface area contributed by atoms with Crippen molar-refractivity contribution in [2.75, 3.05) is 0 Å². The molecule has 4 aliphatic rings. The number of phenols is 11. The van der Waals surface area contributed by atoms with Gasteiger partial charge in [0.1, 0.15) is 70.1 Å². The van der Waals surface area contributed by atoms with E-state index in [0.29, 0.717) is 0 Å². The first-order valence-electron chi connectivity index (χ1n) is 19.3. The second-order valence-corrected chi connectivity index (χ2v) is 15.9. The lowest BCUT2D eigenvalue weighted by atomic mass is 9.70. The van der Waals surface area contributed by atoms with E-state index in [1.54, 1.807) is 0 Å². The van der Waals surface area contributed by atoms with Crippen LogP contribution in [0.1, 0.15) is 68.6 Å². The van der Waals surface area contributed by atoms with Gasteiger partial charge in [0, 0.05) is 64.1 Å². The van der Waals surface area contributed by atoms with Crippen molar-refractivity contribution in [3.8, 4) is 86.2 Å². The first-order valence-corrected chi connectivity index (χ1v) is 19.3. The highest BCUT2D eigenvalue weighted by Gasteiger charge is 2.61. The van der Waals surface area contributed by atoms with Crippen molar-refractivity contribution in [2.45, 2.75) is 54.6 Å². The molecule has 0 saturated carbocycles. The third-order valence-electron chi connectivity index (χ3n) is 12.2.